The van der Waals surface area contributed by atoms with Crippen molar-refractivity contribution in [3.8, 4) is 5.75 Å². The first-order valence-electron chi connectivity index (χ1n) is 6.04. The van der Waals surface area contributed by atoms with Gasteiger partial charge >= 0.3 is 7.05 Å². The van der Waals surface area contributed by atoms with Gasteiger partial charge in [0.1, 0.15) is 5.75 Å². The number of benzene rings is 2. The molecule has 0 unspecified atom stereocenters. The number of hydrazone groups is 1. The summed E-state index contributed by atoms with van der Waals surface area (Å²) >= 11 is 0. The van der Waals surface area contributed by atoms with Gasteiger partial charge in [-0.1, -0.05) is 24.3 Å². The zero-order valence-corrected chi connectivity index (χ0v) is 10.5. The van der Waals surface area contributed by atoms with Gasteiger partial charge in [0, 0.05) is 5.69 Å². The van der Waals surface area contributed by atoms with E-state index in [0.29, 0.717) is 0 Å². The summed E-state index contributed by atoms with van der Waals surface area (Å²) in [5.74, 6) is 0.777. The number of rotatable bonds is 2. The second kappa shape index (κ2) is 4.78. The van der Waals surface area contributed by atoms with Gasteiger partial charge in [-0.3, -0.25) is 4.92 Å². The molecule has 0 amide bonds. The lowest BCUT2D eigenvalue weighted by Crippen LogP contribution is -2.50. The molecule has 19 heavy (non-hydrogen) atoms. The molecular weight excluding hydrogens is 239 g/mol. The van der Waals surface area contributed by atoms with Crippen LogP contribution >= 0.6 is 0 Å². The van der Waals surface area contributed by atoms with Crippen molar-refractivity contribution in [2.75, 3.05) is 12.0 Å². The number of methoxy groups -OCH3 is 1. The molecule has 94 valence electrons. The highest BCUT2D eigenvalue weighted by atomic mass is 16.5. The summed E-state index contributed by atoms with van der Waals surface area (Å²) in [5.41, 5.74) is 2.62. The molecule has 0 saturated heterocycles. The Labute approximate surface area is 112 Å². The highest BCUT2D eigenvalue weighted by Crippen LogP contribution is 2.21. The maximum Gasteiger partial charge on any atom is 0.471 e. The van der Waals surface area contributed by atoms with E-state index in [4.69, 9.17) is 4.74 Å². The molecule has 1 heterocycles. The van der Waals surface area contributed by atoms with Gasteiger partial charge in [-0.15, -0.1) is 0 Å². The van der Waals surface area contributed by atoms with E-state index in [0.717, 1.165) is 22.5 Å². The van der Waals surface area contributed by atoms with Gasteiger partial charge in [0.2, 0.25) is 0 Å². The van der Waals surface area contributed by atoms with Crippen LogP contribution in [-0.4, -0.2) is 25.4 Å². The molecule has 1 aliphatic heterocycles. The van der Waals surface area contributed by atoms with E-state index in [1.54, 1.807) is 18.2 Å². The van der Waals surface area contributed by atoms with Crippen molar-refractivity contribution in [1.29, 1.82) is 0 Å². The van der Waals surface area contributed by atoms with Crippen molar-refractivity contribution >= 4 is 24.4 Å². The van der Waals surface area contributed by atoms with Crippen molar-refractivity contribution in [3.63, 3.8) is 0 Å². The average molecular weight is 252 g/mol. The van der Waals surface area contributed by atoms with Crippen molar-refractivity contribution in [1.82, 2.24) is 0 Å². The third-order valence-electron chi connectivity index (χ3n) is 3.16. The quantitative estimate of drug-likeness (QED) is 0.818. The second-order valence-electron chi connectivity index (χ2n) is 4.29. The minimum absolute atomic E-state index is 0.769. The highest BCUT2D eigenvalue weighted by Gasteiger charge is 2.29. The minimum atomic E-state index is -0.769. The fraction of sp³-hybridized carbons (Fsp3) is 0.0714. The van der Waals surface area contributed by atoms with E-state index in [1.807, 2.05) is 48.5 Å². The molecule has 0 atom stereocenters. The van der Waals surface area contributed by atoms with Crippen LogP contribution in [0.4, 0.5) is 5.69 Å². The standard InChI is InChI=1S/C14H13BN2O2/c1-19-13-8-6-12(7-9-13)17-15(18)14-5-3-2-4-11(14)10-16-17/h2-10,18H,1H3. The molecule has 0 saturated carbocycles. The van der Waals surface area contributed by atoms with Gasteiger partial charge in [0.25, 0.3) is 0 Å². The van der Waals surface area contributed by atoms with Crippen LogP contribution in [0.3, 0.4) is 0 Å². The number of hydrogen-bond donors (Lipinski definition) is 1. The van der Waals surface area contributed by atoms with Crippen LogP contribution < -0.4 is 15.1 Å². The van der Waals surface area contributed by atoms with Crippen molar-refractivity contribution < 1.29 is 9.76 Å². The first-order valence-corrected chi connectivity index (χ1v) is 6.04. The van der Waals surface area contributed by atoms with Crippen molar-refractivity contribution in [2.24, 2.45) is 5.10 Å². The fourth-order valence-electron chi connectivity index (χ4n) is 2.13. The first kappa shape index (κ1) is 11.8. The number of ether oxygens (including phenoxy) is 1. The highest BCUT2D eigenvalue weighted by molar-refractivity contribution is 6.71. The maximum atomic E-state index is 10.4. The maximum absolute atomic E-state index is 10.4. The number of hydrogen-bond acceptors (Lipinski definition) is 4. The van der Waals surface area contributed by atoms with Crippen LogP contribution in [0.2, 0.25) is 0 Å². The van der Waals surface area contributed by atoms with Gasteiger partial charge in [-0.2, -0.15) is 5.10 Å². The topological polar surface area (TPSA) is 45.1 Å². The molecule has 0 spiro atoms. The summed E-state index contributed by atoms with van der Waals surface area (Å²) < 4.78 is 5.12. The molecule has 2 aromatic rings. The largest absolute Gasteiger partial charge is 0.497 e. The lowest BCUT2D eigenvalue weighted by Gasteiger charge is -2.26. The number of fused-ring (bicyclic) bond motifs is 1. The third-order valence-corrected chi connectivity index (χ3v) is 3.16. The Morgan fingerprint density at radius 1 is 1.11 bits per heavy atom. The molecule has 0 aromatic heterocycles. The van der Waals surface area contributed by atoms with Gasteiger partial charge in [0.15, 0.2) is 0 Å². The third kappa shape index (κ3) is 2.08. The van der Waals surface area contributed by atoms with Crippen LogP contribution in [0, 0.1) is 0 Å². The summed E-state index contributed by atoms with van der Waals surface area (Å²) in [7, 11) is 0.855. The predicted molar refractivity (Wildman–Crippen MR) is 77.1 cm³/mol. The smallest absolute Gasteiger partial charge is 0.471 e. The first-order chi connectivity index (χ1) is 9.29. The van der Waals surface area contributed by atoms with Gasteiger partial charge in [-0.25, -0.2) is 0 Å². The summed E-state index contributed by atoms with van der Waals surface area (Å²) in [6.45, 7) is 0. The SMILES string of the molecule is COc1ccc(N2N=Cc3ccccc3B2O)cc1. The molecule has 0 aliphatic carbocycles. The average Bonchev–Trinajstić information content (AvgIpc) is 2.48. The lowest BCUT2D eigenvalue weighted by atomic mass is 9.69. The number of anilines is 1. The molecule has 3 rings (SSSR count). The summed E-state index contributed by atoms with van der Waals surface area (Å²) in [5, 5.41) is 14.7. The number of nitrogens with zero attached hydrogens (tertiary/aromatic N) is 2. The van der Waals surface area contributed by atoms with Crippen molar-refractivity contribution in [2.45, 2.75) is 0 Å². The monoisotopic (exact) mass is 252 g/mol. The van der Waals surface area contributed by atoms with E-state index in [1.165, 1.54) is 0 Å². The molecule has 0 bridgehead atoms. The molecule has 1 N–H and O–H groups in total. The molecule has 1 aliphatic rings. The molecule has 0 radical (unpaired) electrons. The van der Waals surface area contributed by atoms with Gasteiger partial charge in [-0.05, 0) is 35.3 Å². The lowest BCUT2D eigenvalue weighted by molar-refractivity contribution is 0.415. The Balaban J connectivity index is 1.95. The predicted octanol–water partition coefficient (Wildman–Crippen LogP) is 1.24. The van der Waals surface area contributed by atoms with Gasteiger partial charge < -0.3 is 9.76 Å². The molecule has 4 nitrogen and oxygen atoms in total. The Kier molecular flexibility index (Phi) is 2.97. The summed E-state index contributed by atoms with van der Waals surface area (Å²) in [6.07, 6.45) is 1.76. The van der Waals surface area contributed by atoms with E-state index in [2.05, 4.69) is 5.10 Å². The van der Waals surface area contributed by atoms with E-state index < -0.39 is 7.05 Å². The van der Waals surface area contributed by atoms with E-state index >= 15 is 0 Å². The zero-order valence-electron chi connectivity index (χ0n) is 10.5. The Morgan fingerprint density at radius 2 is 1.84 bits per heavy atom. The fourth-order valence-corrected chi connectivity index (χ4v) is 2.13. The molecule has 2 aromatic carbocycles. The Morgan fingerprint density at radius 3 is 2.58 bits per heavy atom. The summed E-state index contributed by atoms with van der Waals surface area (Å²) in [6, 6.07) is 15.1. The molecular formula is C14H13BN2O2. The van der Waals surface area contributed by atoms with Crippen LogP contribution in [0.1, 0.15) is 5.56 Å². The van der Waals surface area contributed by atoms with E-state index in [-0.39, 0.29) is 0 Å². The van der Waals surface area contributed by atoms with Gasteiger partial charge in [0.05, 0.1) is 13.3 Å². The van der Waals surface area contributed by atoms with Crippen LogP contribution in [0.25, 0.3) is 0 Å². The van der Waals surface area contributed by atoms with Crippen LogP contribution in [0.5, 0.6) is 5.75 Å². The second-order valence-corrected chi connectivity index (χ2v) is 4.29. The van der Waals surface area contributed by atoms with Crippen LogP contribution in [-0.2, 0) is 0 Å². The van der Waals surface area contributed by atoms with Crippen molar-refractivity contribution in [3.05, 3.63) is 54.1 Å². The Hall–Kier alpha value is -2.27. The van der Waals surface area contributed by atoms with E-state index in [9.17, 15) is 5.02 Å². The molecule has 5 heteroatoms. The zero-order chi connectivity index (χ0) is 13.2. The normalized spacial score (nSPS) is 13.4. The minimum Gasteiger partial charge on any atom is -0.497 e. The van der Waals surface area contributed by atoms with Crippen LogP contribution in [0.15, 0.2) is 53.6 Å². The summed E-state index contributed by atoms with van der Waals surface area (Å²) in [4.78, 5) is 1.59. The Bertz CT molecular complexity index is 613. The molecule has 0 fully saturated rings.